The Labute approximate surface area is 160 Å². The molecule has 0 saturated heterocycles. The van der Waals surface area contributed by atoms with Crippen LogP contribution in [0.5, 0.6) is 0 Å². The second-order valence-corrected chi connectivity index (χ2v) is 6.02. The van der Waals surface area contributed by atoms with Crippen molar-refractivity contribution < 1.29 is 5.48 Å². The van der Waals surface area contributed by atoms with Crippen molar-refractivity contribution in [3.8, 4) is 34.2 Å². The van der Waals surface area contributed by atoms with Crippen molar-refractivity contribution >= 4 is 15.9 Å². The molecular weight excluding hydrogens is 374 g/mol. The summed E-state index contributed by atoms with van der Waals surface area (Å²) in [5.74, 6) is 0.894. The Morgan fingerprint density at radius 3 is 1.40 bits per heavy atom. The van der Waals surface area contributed by atoms with E-state index in [9.17, 15) is 0 Å². The first-order chi connectivity index (χ1) is 14.0. The van der Waals surface area contributed by atoms with E-state index >= 15 is 0 Å². The van der Waals surface area contributed by atoms with E-state index in [2.05, 4.69) is 30.9 Å². The van der Waals surface area contributed by atoms with Gasteiger partial charge in [0.15, 0.2) is 17.5 Å². The molecule has 25 heavy (non-hydrogen) atoms. The van der Waals surface area contributed by atoms with E-state index in [1.807, 2.05) is 60.7 Å². The molecule has 0 N–H and O–H groups in total. The predicted octanol–water partition coefficient (Wildman–Crippen LogP) is 5.64. The van der Waals surface area contributed by atoms with Crippen LogP contribution in [0.15, 0.2) is 89.3 Å². The average Bonchev–Trinajstić information content (AvgIpc) is 2.77. The lowest BCUT2D eigenvalue weighted by atomic mass is 10.1. The molecule has 3 nitrogen and oxygen atoms in total. The summed E-state index contributed by atoms with van der Waals surface area (Å²) in [6, 6.07) is 18.0. The maximum absolute atomic E-state index is 8.34. The van der Waals surface area contributed by atoms with Gasteiger partial charge in [0, 0.05) is 21.2 Å². The van der Waals surface area contributed by atoms with E-state index in [0.717, 1.165) is 11.1 Å². The molecule has 120 valence electrons. The van der Waals surface area contributed by atoms with Gasteiger partial charge in [-0.25, -0.2) is 15.0 Å². The normalized spacial score (nSPS) is 12.8. The molecule has 0 atom stereocenters. The Hall–Kier alpha value is -2.85. The van der Waals surface area contributed by atoms with Crippen LogP contribution >= 0.6 is 15.9 Å². The summed E-state index contributed by atoms with van der Waals surface area (Å²) in [5, 5.41) is 0. The minimum absolute atomic E-state index is 0.0416. The fourth-order valence-corrected chi connectivity index (χ4v) is 2.53. The Bertz CT molecular complexity index is 1110. The van der Waals surface area contributed by atoms with E-state index in [0.29, 0.717) is 11.6 Å². The highest BCUT2D eigenvalue weighted by Crippen LogP contribution is 2.25. The van der Waals surface area contributed by atoms with Crippen molar-refractivity contribution in [2.45, 2.75) is 0 Å². The molecule has 0 spiro atoms. The van der Waals surface area contributed by atoms with Gasteiger partial charge >= 0.3 is 0 Å². The summed E-state index contributed by atoms with van der Waals surface area (Å²) in [6.45, 7) is 0. The van der Waals surface area contributed by atoms with Gasteiger partial charge in [0.05, 0.1) is 5.48 Å². The fraction of sp³-hybridized carbons (Fsp3) is 0. The zero-order valence-corrected chi connectivity index (χ0v) is 14.6. The van der Waals surface area contributed by atoms with Crippen molar-refractivity contribution in [2.24, 2.45) is 0 Å². The number of rotatable bonds is 3. The summed E-state index contributed by atoms with van der Waals surface area (Å²) in [5.41, 5.74) is 1.57. The van der Waals surface area contributed by atoms with Crippen LogP contribution in [0.2, 0.25) is 0 Å². The van der Waals surface area contributed by atoms with E-state index < -0.39 is 0 Å². The van der Waals surface area contributed by atoms with E-state index in [1.165, 1.54) is 0 Å². The van der Waals surface area contributed by atoms with Crippen LogP contribution in [0, 0.1) is 0 Å². The van der Waals surface area contributed by atoms with Crippen molar-refractivity contribution in [3.05, 3.63) is 89.3 Å². The minimum Gasteiger partial charge on any atom is -0.208 e. The van der Waals surface area contributed by atoms with Crippen molar-refractivity contribution in [1.29, 1.82) is 0 Å². The van der Waals surface area contributed by atoms with Gasteiger partial charge in [0.1, 0.15) is 0 Å². The molecule has 0 radical (unpaired) electrons. The van der Waals surface area contributed by atoms with Gasteiger partial charge in [-0.05, 0) is 12.1 Å². The molecule has 4 rings (SSSR count). The fourth-order valence-electron chi connectivity index (χ4n) is 2.33. The lowest BCUT2D eigenvalue weighted by molar-refractivity contribution is 1.07. The SMILES string of the molecule is [2H]c1c([2H])c(-c2nc(-c3ccccc3)nc(-c3ccccc3)n2)c([2H])c([2H])c1Br. The summed E-state index contributed by atoms with van der Waals surface area (Å²) >= 11 is 3.12. The molecule has 4 heteroatoms. The Morgan fingerprint density at radius 2 is 0.960 bits per heavy atom. The first-order valence-corrected chi connectivity index (χ1v) is 8.39. The second-order valence-electron chi connectivity index (χ2n) is 5.23. The number of aromatic nitrogens is 3. The maximum Gasteiger partial charge on any atom is 0.164 e. The molecule has 0 amide bonds. The quantitative estimate of drug-likeness (QED) is 0.453. The van der Waals surface area contributed by atoms with Gasteiger partial charge in [-0.15, -0.1) is 0 Å². The van der Waals surface area contributed by atoms with Gasteiger partial charge in [-0.2, -0.15) is 0 Å². The van der Waals surface area contributed by atoms with Gasteiger partial charge in [0.2, 0.25) is 0 Å². The largest absolute Gasteiger partial charge is 0.208 e. The zero-order valence-electron chi connectivity index (χ0n) is 17.0. The first-order valence-electron chi connectivity index (χ1n) is 9.60. The molecule has 0 bridgehead atoms. The Morgan fingerprint density at radius 1 is 0.560 bits per heavy atom. The van der Waals surface area contributed by atoms with Gasteiger partial charge in [-0.1, -0.05) is 88.7 Å². The smallest absolute Gasteiger partial charge is 0.164 e. The predicted molar refractivity (Wildman–Crippen MR) is 104 cm³/mol. The molecule has 3 aromatic carbocycles. The van der Waals surface area contributed by atoms with Gasteiger partial charge < -0.3 is 0 Å². The third kappa shape index (κ3) is 3.49. The van der Waals surface area contributed by atoms with Crippen LogP contribution in [-0.2, 0) is 0 Å². The highest BCUT2D eigenvalue weighted by atomic mass is 79.9. The van der Waals surface area contributed by atoms with Crippen molar-refractivity contribution in [2.75, 3.05) is 0 Å². The Balaban J connectivity index is 2.02. The van der Waals surface area contributed by atoms with Crippen LogP contribution in [-0.4, -0.2) is 15.0 Å². The lowest BCUT2D eigenvalue weighted by Crippen LogP contribution is -1.99. The highest BCUT2D eigenvalue weighted by Gasteiger charge is 2.11. The monoisotopic (exact) mass is 391 g/mol. The standard InChI is InChI=1S/C21H14BrN3/c22-18-13-11-17(12-14-18)21-24-19(15-7-3-1-4-8-15)23-20(25-21)16-9-5-2-6-10-16/h1-14H/i11D,12D,13D,14D. The third-order valence-electron chi connectivity index (χ3n) is 3.52. The minimum atomic E-state index is -0.206. The summed E-state index contributed by atoms with van der Waals surface area (Å²) in [4.78, 5) is 13.6. The number of hydrogen-bond donors (Lipinski definition) is 0. The van der Waals surface area contributed by atoms with Crippen LogP contribution < -0.4 is 0 Å². The molecule has 1 heterocycles. The number of benzene rings is 3. The first kappa shape index (κ1) is 11.7. The molecule has 0 aliphatic carbocycles. The van der Waals surface area contributed by atoms with Crippen LogP contribution in [0.3, 0.4) is 0 Å². The van der Waals surface area contributed by atoms with Gasteiger partial charge in [-0.3, -0.25) is 0 Å². The van der Waals surface area contributed by atoms with Gasteiger partial charge in [0.25, 0.3) is 0 Å². The lowest BCUT2D eigenvalue weighted by Gasteiger charge is -2.08. The molecule has 4 aromatic rings. The third-order valence-corrected chi connectivity index (χ3v) is 3.91. The summed E-state index contributed by atoms with van der Waals surface area (Å²) < 4.78 is 33.0. The van der Waals surface area contributed by atoms with E-state index in [4.69, 9.17) is 5.48 Å². The van der Waals surface area contributed by atoms with E-state index in [1.54, 1.807) is 0 Å². The number of nitrogens with zero attached hydrogens (tertiary/aromatic N) is 3. The summed E-state index contributed by atoms with van der Waals surface area (Å²) in [6.07, 6.45) is 0. The van der Waals surface area contributed by atoms with Crippen LogP contribution in [0.1, 0.15) is 5.48 Å². The molecule has 1 aromatic heterocycles. The molecule has 0 aliphatic rings. The number of hydrogen-bond acceptors (Lipinski definition) is 3. The second kappa shape index (κ2) is 6.95. The van der Waals surface area contributed by atoms with Crippen molar-refractivity contribution in [1.82, 2.24) is 15.0 Å². The topological polar surface area (TPSA) is 38.7 Å². The molecule has 0 saturated carbocycles. The van der Waals surface area contributed by atoms with Crippen molar-refractivity contribution in [3.63, 3.8) is 0 Å². The Kier molecular flexibility index (Phi) is 3.24. The number of halogens is 1. The molecule has 0 unspecified atom stereocenters. The van der Waals surface area contributed by atoms with E-state index in [-0.39, 0.29) is 40.0 Å². The zero-order chi connectivity index (χ0) is 20.5. The molecular formula is C21H14BrN3. The average molecular weight is 392 g/mol. The van der Waals surface area contributed by atoms with Crippen LogP contribution in [0.25, 0.3) is 34.2 Å². The molecule has 0 aliphatic heterocycles. The van der Waals surface area contributed by atoms with Crippen LogP contribution in [0.4, 0.5) is 0 Å². The highest BCUT2D eigenvalue weighted by molar-refractivity contribution is 9.10. The summed E-state index contributed by atoms with van der Waals surface area (Å²) in [7, 11) is 0. The molecule has 0 fully saturated rings. The maximum atomic E-state index is 8.34.